The summed E-state index contributed by atoms with van der Waals surface area (Å²) in [4.78, 5) is 28.2. The number of carbonyl (C=O) groups is 1. The maximum absolute atomic E-state index is 12.5. The van der Waals surface area contributed by atoms with Crippen LogP contribution in [0.15, 0.2) is 18.2 Å². The smallest absolute Gasteiger partial charge is 0.410 e. The van der Waals surface area contributed by atoms with Crippen LogP contribution in [0.4, 0.5) is 21.9 Å². The fourth-order valence-electron chi connectivity index (χ4n) is 5.61. The van der Waals surface area contributed by atoms with E-state index < -0.39 is 13.9 Å². The average molecular weight is 605 g/mol. The van der Waals surface area contributed by atoms with Gasteiger partial charge < -0.3 is 24.3 Å². The van der Waals surface area contributed by atoms with E-state index in [9.17, 15) is 14.9 Å². The number of ether oxygens (including phenoxy) is 1. The van der Waals surface area contributed by atoms with Crippen LogP contribution in [-0.2, 0) is 9.16 Å². The molecular weight excluding hydrogens is 548 g/mol. The standard InChI is InChI=1S/C32H56N4O5Si/c1-25(11-10-22-40-42(8,9)31(5,6)7)24-33-27-23-26(12-13-28(27)36(38)39)34-18-14-32(15-19-34)16-20-35(21-17-32)29(37)41-30(2,3)4/h12-13,23,25,33H,10-11,14-22,24H2,1-9H3/t25-/m1/s1. The zero-order chi connectivity index (χ0) is 31.3. The number of piperidine rings is 2. The minimum absolute atomic E-state index is 0.121. The number of hydrogen-bond donors (Lipinski definition) is 1. The SMILES string of the molecule is C[C@H](CCCO[Si](C)(C)C(C)(C)C)CNc1cc(N2CCC3(CCN(C(=O)OC(C)(C)C)CC3)CC2)ccc1[N+](=O)[O-]. The second kappa shape index (κ2) is 13.5. The molecule has 1 N–H and O–H groups in total. The van der Waals surface area contributed by atoms with E-state index in [1.54, 1.807) is 6.07 Å². The van der Waals surface area contributed by atoms with Gasteiger partial charge in [0, 0.05) is 51.1 Å². The lowest BCUT2D eigenvalue weighted by atomic mass is 9.71. The van der Waals surface area contributed by atoms with Gasteiger partial charge in [-0.3, -0.25) is 10.1 Å². The number of nitrogens with one attached hydrogen (secondary N) is 1. The van der Waals surface area contributed by atoms with Crippen molar-refractivity contribution in [3.05, 3.63) is 28.3 Å². The first-order chi connectivity index (χ1) is 19.4. The molecule has 42 heavy (non-hydrogen) atoms. The van der Waals surface area contributed by atoms with Crippen LogP contribution in [0.25, 0.3) is 0 Å². The first kappa shape index (κ1) is 34.2. The van der Waals surface area contributed by atoms with E-state index in [2.05, 4.69) is 51.0 Å². The summed E-state index contributed by atoms with van der Waals surface area (Å²) in [7, 11) is -1.74. The van der Waals surface area contributed by atoms with Crippen molar-refractivity contribution in [1.29, 1.82) is 0 Å². The average Bonchev–Trinajstić information content (AvgIpc) is 2.89. The second-order valence-electron chi connectivity index (χ2n) is 15.2. The molecule has 0 aliphatic carbocycles. The van der Waals surface area contributed by atoms with Crippen molar-refractivity contribution >= 4 is 31.5 Å². The molecule has 2 saturated heterocycles. The maximum atomic E-state index is 12.5. The molecule has 2 aliphatic rings. The van der Waals surface area contributed by atoms with Crippen LogP contribution in [0.3, 0.4) is 0 Å². The van der Waals surface area contributed by atoms with Gasteiger partial charge in [0.2, 0.25) is 0 Å². The largest absolute Gasteiger partial charge is 0.444 e. The topological polar surface area (TPSA) is 97.2 Å². The Hall–Kier alpha value is -2.33. The molecule has 0 saturated carbocycles. The number of nitro benzene ring substituents is 1. The Balaban J connectivity index is 1.51. The quantitative estimate of drug-likeness (QED) is 0.125. The Kier molecular flexibility index (Phi) is 11.0. The lowest BCUT2D eigenvalue weighted by Gasteiger charge is -2.47. The van der Waals surface area contributed by atoms with Gasteiger partial charge in [-0.1, -0.05) is 27.7 Å². The van der Waals surface area contributed by atoms with Crippen LogP contribution >= 0.6 is 0 Å². The van der Waals surface area contributed by atoms with E-state index in [1.807, 2.05) is 37.8 Å². The van der Waals surface area contributed by atoms with Gasteiger partial charge in [-0.25, -0.2) is 4.79 Å². The second-order valence-corrected chi connectivity index (χ2v) is 20.0. The lowest BCUT2D eigenvalue weighted by Crippen LogP contribution is -2.49. The molecule has 2 aliphatic heterocycles. The van der Waals surface area contributed by atoms with Gasteiger partial charge in [0.05, 0.1) is 4.92 Å². The highest BCUT2D eigenvalue weighted by Crippen LogP contribution is 2.43. The van der Waals surface area contributed by atoms with Gasteiger partial charge in [0.1, 0.15) is 11.3 Å². The molecule has 3 rings (SSSR count). The van der Waals surface area contributed by atoms with Crippen molar-refractivity contribution in [3.63, 3.8) is 0 Å². The zero-order valence-electron chi connectivity index (χ0n) is 27.7. The van der Waals surface area contributed by atoms with E-state index in [-0.39, 0.29) is 27.2 Å². The molecule has 1 aromatic rings. The molecule has 0 radical (unpaired) electrons. The Labute approximate surface area is 255 Å². The van der Waals surface area contributed by atoms with Crippen molar-refractivity contribution in [1.82, 2.24) is 4.90 Å². The van der Waals surface area contributed by atoms with E-state index >= 15 is 0 Å². The van der Waals surface area contributed by atoms with Gasteiger partial charge in [-0.05, 0) is 101 Å². The predicted molar refractivity (Wildman–Crippen MR) is 174 cm³/mol. The predicted octanol–water partition coefficient (Wildman–Crippen LogP) is 8.06. The van der Waals surface area contributed by atoms with Crippen LogP contribution in [0.1, 0.15) is 87.0 Å². The molecule has 2 fully saturated rings. The maximum Gasteiger partial charge on any atom is 0.410 e. The number of anilines is 2. The van der Waals surface area contributed by atoms with Gasteiger partial charge >= 0.3 is 6.09 Å². The first-order valence-corrected chi connectivity index (χ1v) is 18.7. The molecule has 1 atom stereocenters. The number of rotatable bonds is 10. The van der Waals surface area contributed by atoms with Crippen molar-refractivity contribution < 1.29 is 18.9 Å². The molecule has 10 heteroatoms. The molecule has 238 valence electrons. The normalized spacial score (nSPS) is 18.6. The van der Waals surface area contributed by atoms with E-state index in [1.165, 1.54) is 0 Å². The van der Waals surface area contributed by atoms with Gasteiger partial charge in [0.25, 0.3) is 5.69 Å². The van der Waals surface area contributed by atoms with E-state index in [0.717, 1.165) is 77.0 Å². The number of carbonyl (C=O) groups excluding carboxylic acids is 1. The van der Waals surface area contributed by atoms with E-state index in [4.69, 9.17) is 9.16 Å². The third-order valence-electron chi connectivity index (χ3n) is 9.59. The van der Waals surface area contributed by atoms with E-state index in [0.29, 0.717) is 18.2 Å². The molecule has 9 nitrogen and oxygen atoms in total. The fraction of sp³-hybridized carbons (Fsp3) is 0.781. The highest BCUT2D eigenvalue weighted by Gasteiger charge is 2.40. The highest BCUT2D eigenvalue weighted by atomic mass is 28.4. The number of amides is 1. The number of likely N-dealkylation sites (tertiary alicyclic amines) is 1. The number of benzene rings is 1. The summed E-state index contributed by atoms with van der Waals surface area (Å²) in [6.07, 6.45) is 5.88. The van der Waals surface area contributed by atoms with Crippen molar-refractivity contribution in [2.24, 2.45) is 11.3 Å². The molecule has 0 bridgehead atoms. The minimum atomic E-state index is -1.74. The number of hydrogen-bond acceptors (Lipinski definition) is 7. The van der Waals surface area contributed by atoms with Crippen molar-refractivity contribution in [2.45, 2.75) is 111 Å². The van der Waals surface area contributed by atoms with Crippen LogP contribution in [0.5, 0.6) is 0 Å². The summed E-state index contributed by atoms with van der Waals surface area (Å²) < 4.78 is 11.9. The third kappa shape index (κ3) is 9.33. The zero-order valence-corrected chi connectivity index (χ0v) is 28.7. The van der Waals surface area contributed by atoms with Crippen LogP contribution in [-0.4, -0.2) is 69.2 Å². The van der Waals surface area contributed by atoms with Gasteiger partial charge in [-0.2, -0.15) is 0 Å². The Morgan fingerprint density at radius 2 is 1.67 bits per heavy atom. The van der Waals surface area contributed by atoms with Crippen LogP contribution < -0.4 is 10.2 Å². The Morgan fingerprint density at radius 1 is 1.07 bits per heavy atom. The van der Waals surface area contributed by atoms with Crippen LogP contribution in [0, 0.1) is 21.4 Å². The summed E-state index contributed by atoms with van der Waals surface area (Å²) in [5.74, 6) is 0.373. The molecule has 0 aromatic heterocycles. The number of nitrogens with zero attached hydrogens (tertiary/aromatic N) is 3. The Morgan fingerprint density at radius 3 is 2.21 bits per heavy atom. The molecule has 1 amide bonds. The lowest BCUT2D eigenvalue weighted by molar-refractivity contribution is -0.383. The Bertz CT molecular complexity index is 1060. The summed E-state index contributed by atoms with van der Waals surface area (Å²) in [5.41, 5.74) is 1.51. The van der Waals surface area contributed by atoms with Crippen molar-refractivity contribution in [2.75, 3.05) is 49.5 Å². The monoisotopic (exact) mass is 604 g/mol. The highest BCUT2D eigenvalue weighted by molar-refractivity contribution is 6.74. The fourth-order valence-corrected chi connectivity index (χ4v) is 6.70. The summed E-state index contributed by atoms with van der Waals surface area (Å²) >= 11 is 0. The molecule has 1 aromatic carbocycles. The van der Waals surface area contributed by atoms with Crippen molar-refractivity contribution in [3.8, 4) is 0 Å². The third-order valence-corrected chi connectivity index (χ3v) is 14.1. The molecule has 2 heterocycles. The number of nitro groups is 1. The first-order valence-electron chi connectivity index (χ1n) is 15.8. The van der Waals surface area contributed by atoms with Crippen LogP contribution in [0.2, 0.25) is 18.1 Å². The summed E-state index contributed by atoms with van der Waals surface area (Å²) in [6.45, 7) is 24.0. The molecule has 1 spiro atoms. The molecule has 0 unspecified atom stereocenters. The molecular formula is C32H56N4O5Si. The van der Waals surface area contributed by atoms with Gasteiger partial charge in [0.15, 0.2) is 8.32 Å². The summed E-state index contributed by atoms with van der Waals surface area (Å²) in [6, 6.07) is 5.47. The summed E-state index contributed by atoms with van der Waals surface area (Å²) in [5, 5.41) is 15.4. The van der Waals surface area contributed by atoms with Gasteiger partial charge in [-0.15, -0.1) is 0 Å². The minimum Gasteiger partial charge on any atom is -0.444 e.